The van der Waals surface area contributed by atoms with Gasteiger partial charge in [0.25, 0.3) is 0 Å². The van der Waals surface area contributed by atoms with E-state index in [1.807, 2.05) is 30.5 Å². The molecule has 1 aromatic carbocycles. The summed E-state index contributed by atoms with van der Waals surface area (Å²) in [5.74, 6) is 1.71. The number of carbonyl (C=O) groups is 1. The minimum atomic E-state index is -0.115. The van der Waals surface area contributed by atoms with Gasteiger partial charge in [-0.05, 0) is 49.1 Å². The minimum Gasteiger partial charge on any atom is -0.493 e. The Labute approximate surface area is 154 Å². The molecule has 1 aliphatic heterocycles. The summed E-state index contributed by atoms with van der Waals surface area (Å²) in [6, 6.07) is 9.34. The molecule has 0 aliphatic carbocycles. The number of hydrogen-bond donors (Lipinski definition) is 1. The Bertz CT molecular complexity index is 740. The van der Waals surface area contributed by atoms with Gasteiger partial charge in [0.15, 0.2) is 11.5 Å². The first-order chi connectivity index (χ1) is 12.7. The van der Waals surface area contributed by atoms with E-state index >= 15 is 0 Å². The molecule has 3 rings (SSSR count). The molecule has 2 aromatic rings. The highest BCUT2D eigenvalue weighted by Gasteiger charge is 2.12. The number of ether oxygens (including phenoxy) is 2. The number of pyridine rings is 1. The zero-order valence-corrected chi connectivity index (χ0v) is 15.3. The fraction of sp³-hybridized carbons (Fsp3) is 0.400. The number of benzene rings is 1. The summed E-state index contributed by atoms with van der Waals surface area (Å²) in [5, 5.41) is 2.85. The van der Waals surface area contributed by atoms with Crippen molar-refractivity contribution in [2.75, 3.05) is 37.5 Å². The van der Waals surface area contributed by atoms with Gasteiger partial charge in [0, 0.05) is 13.1 Å². The molecular weight excluding hydrogens is 330 g/mol. The van der Waals surface area contributed by atoms with Crippen LogP contribution in [0.4, 0.5) is 11.5 Å². The van der Waals surface area contributed by atoms with E-state index in [-0.39, 0.29) is 12.3 Å². The van der Waals surface area contributed by atoms with E-state index in [1.54, 1.807) is 20.3 Å². The second-order valence-corrected chi connectivity index (χ2v) is 6.36. The third kappa shape index (κ3) is 4.45. The number of hydrogen-bond acceptors (Lipinski definition) is 5. The number of carbonyl (C=O) groups excluding carboxylic acids is 1. The standard InChI is InChI=1S/C20H25N3O3/c1-25-17-8-6-15(12-18(17)26-2)13-20(24)22-19-9-7-16(14-21-19)23-10-4-3-5-11-23/h6-9,12,14H,3-5,10-11,13H2,1-2H3,(H,21,22,24). The Morgan fingerprint density at radius 3 is 2.50 bits per heavy atom. The smallest absolute Gasteiger partial charge is 0.229 e. The van der Waals surface area contributed by atoms with Crippen LogP contribution in [0.1, 0.15) is 24.8 Å². The van der Waals surface area contributed by atoms with Crippen LogP contribution in [0, 0.1) is 0 Å². The highest BCUT2D eigenvalue weighted by molar-refractivity contribution is 5.91. The number of piperidine rings is 1. The maximum absolute atomic E-state index is 12.3. The average molecular weight is 355 g/mol. The molecule has 6 nitrogen and oxygen atoms in total. The fourth-order valence-corrected chi connectivity index (χ4v) is 3.16. The summed E-state index contributed by atoms with van der Waals surface area (Å²) in [4.78, 5) is 19.0. The molecule has 0 radical (unpaired) electrons. The van der Waals surface area contributed by atoms with Crippen LogP contribution >= 0.6 is 0 Å². The highest BCUT2D eigenvalue weighted by Crippen LogP contribution is 2.27. The van der Waals surface area contributed by atoms with E-state index in [0.717, 1.165) is 24.3 Å². The van der Waals surface area contributed by atoms with Gasteiger partial charge in [-0.2, -0.15) is 0 Å². The van der Waals surface area contributed by atoms with Crippen LogP contribution in [0.15, 0.2) is 36.5 Å². The zero-order valence-electron chi connectivity index (χ0n) is 15.3. The minimum absolute atomic E-state index is 0.115. The molecule has 1 saturated heterocycles. The van der Waals surface area contributed by atoms with Gasteiger partial charge in [0.1, 0.15) is 5.82 Å². The first-order valence-electron chi connectivity index (χ1n) is 8.91. The van der Waals surface area contributed by atoms with E-state index in [9.17, 15) is 4.79 Å². The molecule has 0 saturated carbocycles. The van der Waals surface area contributed by atoms with Gasteiger partial charge in [-0.15, -0.1) is 0 Å². The predicted molar refractivity (Wildman–Crippen MR) is 102 cm³/mol. The van der Waals surface area contributed by atoms with Gasteiger partial charge < -0.3 is 19.7 Å². The molecule has 1 fully saturated rings. The van der Waals surface area contributed by atoms with Crippen LogP contribution in [0.5, 0.6) is 11.5 Å². The topological polar surface area (TPSA) is 63.7 Å². The molecule has 0 bridgehead atoms. The molecule has 0 unspecified atom stereocenters. The number of anilines is 2. The van der Waals surface area contributed by atoms with Crippen LogP contribution in [-0.2, 0) is 11.2 Å². The SMILES string of the molecule is COc1ccc(CC(=O)Nc2ccc(N3CCCCC3)cn2)cc1OC. The Hall–Kier alpha value is -2.76. The molecular formula is C20H25N3O3. The summed E-state index contributed by atoms with van der Waals surface area (Å²) in [6.07, 6.45) is 5.83. The van der Waals surface area contributed by atoms with Crippen molar-refractivity contribution >= 4 is 17.4 Å². The van der Waals surface area contributed by atoms with E-state index in [2.05, 4.69) is 15.2 Å². The number of rotatable bonds is 6. The van der Waals surface area contributed by atoms with E-state index in [4.69, 9.17) is 9.47 Å². The van der Waals surface area contributed by atoms with E-state index < -0.39 is 0 Å². The summed E-state index contributed by atoms with van der Waals surface area (Å²) < 4.78 is 10.5. The van der Waals surface area contributed by atoms with Crippen molar-refractivity contribution in [1.82, 2.24) is 4.98 Å². The number of nitrogens with zero attached hydrogens (tertiary/aromatic N) is 2. The lowest BCUT2D eigenvalue weighted by molar-refractivity contribution is -0.115. The average Bonchev–Trinajstić information content (AvgIpc) is 2.69. The van der Waals surface area contributed by atoms with Crippen LogP contribution < -0.4 is 19.7 Å². The Morgan fingerprint density at radius 1 is 1.08 bits per heavy atom. The summed E-state index contributed by atoms with van der Waals surface area (Å²) in [7, 11) is 3.17. The Morgan fingerprint density at radius 2 is 1.85 bits per heavy atom. The highest BCUT2D eigenvalue weighted by atomic mass is 16.5. The normalized spacial score (nSPS) is 14.0. The van der Waals surface area contributed by atoms with E-state index in [1.165, 1.54) is 19.3 Å². The number of amides is 1. The predicted octanol–water partition coefficient (Wildman–Crippen LogP) is 3.27. The maximum atomic E-state index is 12.3. The molecule has 1 amide bonds. The van der Waals surface area contributed by atoms with Crippen molar-refractivity contribution in [3.63, 3.8) is 0 Å². The molecule has 138 valence electrons. The van der Waals surface area contributed by atoms with Crippen molar-refractivity contribution in [3.05, 3.63) is 42.1 Å². The maximum Gasteiger partial charge on any atom is 0.229 e. The number of aromatic nitrogens is 1. The largest absolute Gasteiger partial charge is 0.493 e. The van der Waals surface area contributed by atoms with Crippen LogP contribution in [0.3, 0.4) is 0 Å². The summed E-state index contributed by atoms with van der Waals surface area (Å²) in [5.41, 5.74) is 1.97. The van der Waals surface area contributed by atoms with Crippen LogP contribution in [-0.4, -0.2) is 38.2 Å². The molecule has 0 spiro atoms. The van der Waals surface area contributed by atoms with E-state index in [0.29, 0.717) is 17.3 Å². The van der Waals surface area contributed by atoms with Gasteiger partial charge in [-0.1, -0.05) is 6.07 Å². The molecule has 0 atom stereocenters. The molecule has 1 N–H and O–H groups in total. The van der Waals surface area contributed by atoms with Crippen molar-refractivity contribution < 1.29 is 14.3 Å². The summed E-state index contributed by atoms with van der Waals surface area (Å²) in [6.45, 7) is 2.15. The van der Waals surface area contributed by atoms with Gasteiger partial charge in [0.2, 0.25) is 5.91 Å². The van der Waals surface area contributed by atoms with Crippen LogP contribution in [0.25, 0.3) is 0 Å². The van der Waals surface area contributed by atoms with Gasteiger partial charge >= 0.3 is 0 Å². The second kappa shape index (κ2) is 8.56. The lowest BCUT2D eigenvalue weighted by Crippen LogP contribution is -2.29. The monoisotopic (exact) mass is 355 g/mol. The van der Waals surface area contributed by atoms with Gasteiger partial charge in [-0.3, -0.25) is 4.79 Å². The first kappa shape index (κ1) is 18.0. The second-order valence-electron chi connectivity index (χ2n) is 6.36. The Balaban J connectivity index is 1.59. The Kier molecular flexibility index (Phi) is 5.94. The summed E-state index contributed by atoms with van der Waals surface area (Å²) >= 11 is 0. The molecule has 2 heterocycles. The zero-order chi connectivity index (χ0) is 18.4. The molecule has 1 aliphatic rings. The fourth-order valence-electron chi connectivity index (χ4n) is 3.16. The number of methoxy groups -OCH3 is 2. The van der Waals surface area contributed by atoms with Crippen molar-refractivity contribution in [2.45, 2.75) is 25.7 Å². The third-order valence-corrected chi connectivity index (χ3v) is 4.55. The molecule has 6 heteroatoms. The molecule has 26 heavy (non-hydrogen) atoms. The number of nitrogens with one attached hydrogen (secondary N) is 1. The third-order valence-electron chi connectivity index (χ3n) is 4.55. The van der Waals surface area contributed by atoms with Crippen LogP contribution in [0.2, 0.25) is 0 Å². The van der Waals surface area contributed by atoms with Crippen molar-refractivity contribution in [1.29, 1.82) is 0 Å². The molecule has 1 aromatic heterocycles. The van der Waals surface area contributed by atoms with Gasteiger partial charge in [-0.25, -0.2) is 4.98 Å². The lowest BCUT2D eigenvalue weighted by Gasteiger charge is -2.28. The lowest BCUT2D eigenvalue weighted by atomic mass is 10.1. The van der Waals surface area contributed by atoms with Gasteiger partial charge in [0.05, 0.1) is 32.5 Å². The quantitative estimate of drug-likeness (QED) is 0.862. The van der Waals surface area contributed by atoms with Crippen molar-refractivity contribution in [3.8, 4) is 11.5 Å². The van der Waals surface area contributed by atoms with Crippen molar-refractivity contribution in [2.24, 2.45) is 0 Å². The first-order valence-corrected chi connectivity index (χ1v) is 8.91.